The highest BCUT2D eigenvalue weighted by Crippen LogP contribution is 2.42. The van der Waals surface area contributed by atoms with Crippen molar-refractivity contribution < 1.29 is 13.7 Å². The number of aryl methyl sites for hydroxylation is 1. The third-order valence-electron chi connectivity index (χ3n) is 7.84. The van der Waals surface area contributed by atoms with Gasteiger partial charge < -0.3 is 24.8 Å². The van der Waals surface area contributed by atoms with Gasteiger partial charge in [-0.2, -0.15) is 10.1 Å². The van der Waals surface area contributed by atoms with Crippen molar-refractivity contribution in [1.29, 1.82) is 0 Å². The number of ether oxygens (including phenoxy) is 1. The van der Waals surface area contributed by atoms with E-state index >= 15 is 0 Å². The number of rotatable bonds is 10. The molecule has 4 heterocycles. The van der Waals surface area contributed by atoms with E-state index in [2.05, 4.69) is 56.4 Å². The van der Waals surface area contributed by atoms with Crippen LogP contribution in [0.2, 0.25) is 0 Å². The van der Waals surface area contributed by atoms with Gasteiger partial charge in [-0.1, -0.05) is 0 Å². The van der Waals surface area contributed by atoms with Crippen molar-refractivity contribution >= 4 is 68.2 Å². The molecule has 0 unspecified atom stereocenters. The number of hydrogen-bond donors (Lipinski definition) is 2. The lowest BCUT2D eigenvalue weighted by Crippen LogP contribution is -2.47. The van der Waals surface area contributed by atoms with Crippen LogP contribution < -0.4 is 25.6 Å². The second kappa shape index (κ2) is 13.3. The van der Waals surface area contributed by atoms with Crippen LogP contribution in [-0.4, -0.2) is 94.5 Å². The van der Waals surface area contributed by atoms with Gasteiger partial charge in [0, 0.05) is 87.4 Å². The molecular formula is C31H35BrFN10O2P. The lowest BCUT2D eigenvalue weighted by Gasteiger charge is -2.37. The number of nitrogens with zero attached hydrogens (tertiary/aromatic N) is 8. The topological polar surface area (TPSA) is 126 Å². The van der Waals surface area contributed by atoms with Crippen LogP contribution in [0.25, 0.3) is 22.2 Å². The smallest absolute Gasteiger partial charge is 0.229 e. The molecule has 1 saturated heterocycles. The van der Waals surface area contributed by atoms with Crippen LogP contribution >= 0.6 is 23.1 Å². The van der Waals surface area contributed by atoms with Crippen molar-refractivity contribution in [1.82, 2.24) is 34.6 Å². The van der Waals surface area contributed by atoms with Crippen LogP contribution in [0.15, 0.2) is 59.7 Å². The number of hydrogen-bond acceptors (Lipinski definition) is 11. The standard InChI is InChI=1S/C31H35BrFN10O2P/c1-41-19-20(17-37-41)21-15-25(27(45-2)16-26(21)43-13-11-42(10-7-33)12-14-43)39-31-36-18-22(32)30(40-31)38-24-6-5-23-28(35-9-8-34-23)29(24)46(3,4)44/h5-6,8-9,15-19H,7,10-14H2,1-4H3,(H2,36,38,39,40). The van der Waals surface area contributed by atoms with E-state index in [0.717, 1.165) is 43.0 Å². The van der Waals surface area contributed by atoms with Gasteiger partial charge in [-0.05, 0) is 47.5 Å². The van der Waals surface area contributed by atoms with Crippen LogP contribution in [0.5, 0.6) is 5.75 Å². The first-order valence-electron chi connectivity index (χ1n) is 14.7. The molecule has 15 heteroatoms. The van der Waals surface area contributed by atoms with E-state index in [4.69, 9.17) is 9.72 Å². The molecule has 12 nitrogen and oxygen atoms in total. The minimum absolute atomic E-state index is 0.326. The summed E-state index contributed by atoms with van der Waals surface area (Å²) in [6.45, 7) is 6.60. The SMILES string of the molecule is COc1cc(N2CCN(CCF)CC2)c(-c2cnn(C)c2)cc1Nc1ncc(Br)c(Nc2ccc3nccnc3c2P(C)(C)=O)n1. The number of halogens is 2. The van der Waals surface area contributed by atoms with Gasteiger partial charge in [-0.15, -0.1) is 0 Å². The minimum Gasteiger partial charge on any atom is -0.494 e. The van der Waals surface area contributed by atoms with Crippen LogP contribution in [0.1, 0.15) is 0 Å². The molecule has 5 aromatic rings. The van der Waals surface area contributed by atoms with Crippen molar-refractivity contribution in [3.05, 3.63) is 59.7 Å². The highest BCUT2D eigenvalue weighted by atomic mass is 79.9. The predicted octanol–water partition coefficient (Wildman–Crippen LogP) is 5.42. The maximum absolute atomic E-state index is 13.4. The molecule has 240 valence electrons. The quantitative estimate of drug-likeness (QED) is 0.181. The van der Waals surface area contributed by atoms with Crippen molar-refractivity contribution in [2.75, 3.05) is 75.4 Å². The molecule has 1 aliphatic rings. The fraction of sp³-hybridized carbons (Fsp3) is 0.323. The van der Waals surface area contributed by atoms with Crippen LogP contribution in [0.3, 0.4) is 0 Å². The maximum atomic E-state index is 13.4. The van der Waals surface area contributed by atoms with Crippen LogP contribution in [0.4, 0.5) is 33.2 Å². The fourth-order valence-corrected chi connectivity index (χ4v) is 7.33. The van der Waals surface area contributed by atoms with Gasteiger partial charge >= 0.3 is 0 Å². The summed E-state index contributed by atoms with van der Waals surface area (Å²) in [5, 5.41) is 11.7. The summed E-state index contributed by atoms with van der Waals surface area (Å²) in [6, 6.07) is 7.70. The van der Waals surface area contributed by atoms with Crippen LogP contribution in [0, 0.1) is 0 Å². The Labute approximate surface area is 274 Å². The first kappa shape index (κ1) is 31.8. The van der Waals surface area contributed by atoms with Gasteiger partial charge in [-0.3, -0.25) is 19.5 Å². The predicted molar refractivity (Wildman–Crippen MR) is 185 cm³/mol. The Morgan fingerprint density at radius 3 is 2.50 bits per heavy atom. The van der Waals surface area contributed by atoms with Gasteiger partial charge in [0.25, 0.3) is 0 Å². The zero-order valence-electron chi connectivity index (χ0n) is 26.0. The number of aromatic nitrogens is 6. The van der Waals surface area contributed by atoms with E-state index in [-0.39, 0.29) is 6.67 Å². The van der Waals surface area contributed by atoms with Crippen molar-refractivity contribution in [3.8, 4) is 16.9 Å². The second-order valence-electron chi connectivity index (χ2n) is 11.4. The van der Waals surface area contributed by atoms with E-state index in [1.54, 1.807) is 43.7 Å². The summed E-state index contributed by atoms with van der Waals surface area (Å²) in [4.78, 5) is 22.6. The zero-order chi connectivity index (χ0) is 32.4. The maximum Gasteiger partial charge on any atom is 0.229 e. The van der Waals surface area contributed by atoms with Crippen LogP contribution in [-0.2, 0) is 11.6 Å². The number of piperazine rings is 1. The number of fused-ring (bicyclic) bond motifs is 1. The first-order chi connectivity index (χ1) is 22.1. The Morgan fingerprint density at radius 2 is 1.80 bits per heavy atom. The molecule has 0 radical (unpaired) electrons. The lowest BCUT2D eigenvalue weighted by atomic mass is 10.0. The third-order valence-corrected chi connectivity index (χ3v) is 9.95. The number of methoxy groups -OCH3 is 1. The lowest BCUT2D eigenvalue weighted by molar-refractivity contribution is 0.235. The summed E-state index contributed by atoms with van der Waals surface area (Å²) >= 11 is 3.56. The zero-order valence-corrected chi connectivity index (χ0v) is 28.5. The van der Waals surface area contributed by atoms with E-state index < -0.39 is 7.14 Å². The van der Waals surface area contributed by atoms with Crippen molar-refractivity contribution in [2.45, 2.75) is 0 Å². The van der Waals surface area contributed by atoms with Gasteiger partial charge in [0.1, 0.15) is 30.9 Å². The third kappa shape index (κ3) is 6.69. The summed E-state index contributed by atoms with van der Waals surface area (Å²) < 4.78 is 34.6. The minimum atomic E-state index is -2.77. The average Bonchev–Trinajstić information content (AvgIpc) is 3.48. The summed E-state index contributed by atoms with van der Waals surface area (Å²) in [7, 11) is 0.736. The highest BCUT2D eigenvalue weighted by molar-refractivity contribution is 9.10. The Balaban J connectivity index is 1.35. The highest BCUT2D eigenvalue weighted by Gasteiger charge is 2.24. The van der Waals surface area contributed by atoms with Gasteiger partial charge in [0.05, 0.1) is 40.0 Å². The number of anilines is 5. The Bertz CT molecular complexity index is 1930. The molecule has 3 aromatic heterocycles. The van der Waals surface area contributed by atoms with Gasteiger partial charge in [0.2, 0.25) is 5.95 Å². The van der Waals surface area contributed by atoms with E-state index in [1.807, 2.05) is 43.7 Å². The first-order valence-corrected chi connectivity index (χ1v) is 18.1. The molecule has 0 spiro atoms. The Hall–Kier alpha value is -4.13. The van der Waals surface area contributed by atoms with Crippen molar-refractivity contribution in [2.24, 2.45) is 7.05 Å². The molecule has 2 N–H and O–H groups in total. The summed E-state index contributed by atoms with van der Waals surface area (Å²) in [5.41, 5.74) is 5.46. The van der Waals surface area contributed by atoms with E-state index in [0.29, 0.717) is 56.2 Å². The molecule has 0 amide bonds. The molecule has 0 bridgehead atoms. The molecule has 6 rings (SSSR count). The molecule has 1 aliphatic heterocycles. The van der Waals surface area contributed by atoms with Gasteiger partial charge in [0.15, 0.2) is 0 Å². The van der Waals surface area contributed by atoms with Crippen molar-refractivity contribution in [3.63, 3.8) is 0 Å². The monoisotopic (exact) mass is 708 g/mol. The normalized spacial score (nSPS) is 14.1. The molecule has 1 fully saturated rings. The number of alkyl halides is 1. The summed E-state index contributed by atoms with van der Waals surface area (Å²) in [5.74, 6) is 1.42. The van der Waals surface area contributed by atoms with E-state index in [9.17, 15) is 8.96 Å². The van der Waals surface area contributed by atoms with Gasteiger partial charge in [-0.25, -0.2) is 9.37 Å². The Kier molecular flexibility index (Phi) is 9.21. The largest absolute Gasteiger partial charge is 0.494 e. The van der Waals surface area contributed by atoms with E-state index in [1.165, 1.54) is 0 Å². The molecule has 0 atom stereocenters. The Morgan fingerprint density at radius 1 is 1.02 bits per heavy atom. The molecule has 0 saturated carbocycles. The molecular weight excluding hydrogens is 674 g/mol. The average molecular weight is 710 g/mol. The molecule has 46 heavy (non-hydrogen) atoms. The fourth-order valence-electron chi connectivity index (χ4n) is 5.65. The number of nitrogens with one attached hydrogen (secondary N) is 2. The summed E-state index contributed by atoms with van der Waals surface area (Å²) in [6.07, 6.45) is 8.66. The number of benzene rings is 2. The molecule has 0 aliphatic carbocycles. The molecule has 2 aromatic carbocycles. The second-order valence-corrected chi connectivity index (χ2v) is 15.4.